The highest BCUT2D eigenvalue weighted by molar-refractivity contribution is 6.30. The topological polar surface area (TPSA) is 46.5 Å². The molecule has 16 heavy (non-hydrogen) atoms. The number of hydrogen-bond donors (Lipinski definition) is 1. The van der Waals surface area contributed by atoms with Gasteiger partial charge in [-0.05, 0) is 24.1 Å². The minimum Gasteiger partial charge on any atom is -0.479 e. The van der Waals surface area contributed by atoms with E-state index in [1.54, 1.807) is 18.2 Å². The van der Waals surface area contributed by atoms with Crippen LogP contribution in [0, 0.1) is 0 Å². The zero-order chi connectivity index (χ0) is 12.0. The molecule has 1 N–H and O–H groups in total. The van der Waals surface area contributed by atoms with Crippen LogP contribution in [-0.4, -0.2) is 23.8 Å². The molecule has 0 aromatic heterocycles. The normalized spacial score (nSPS) is 12.4. The number of benzene rings is 1. The molecule has 0 heterocycles. The summed E-state index contributed by atoms with van der Waals surface area (Å²) in [6.45, 7) is 2.40. The minimum absolute atomic E-state index is 0.343. The molecule has 0 unspecified atom stereocenters. The number of carboxylic acids is 1. The van der Waals surface area contributed by atoms with Gasteiger partial charge in [0.15, 0.2) is 6.10 Å². The zero-order valence-electron chi connectivity index (χ0n) is 9.15. The predicted octanol–water partition coefficient (Wildman–Crippen LogP) is 2.76. The Kier molecular flexibility index (Phi) is 5.29. The smallest absolute Gasteiger partial charge is 0.333 e. The molecule has 0 amide bonds. The van der Waals surface area contributed by atoms with Crippen molar-refractivity contribution in [3.63, 3.8) is 0 Å². The van der Waals surface area contributed by atoms with Crippen LogP contribution in [0.4, 0.5) is 0 Å². The zero-order valence-corrected chi connectivity index (χ0v) is 9.91. The summed E-state index contributed by atoms with van der Waals surface area (Å²) in [4.78, 5) is 10.9. The van der Waals surface area contributed by atoms with Crippen molar-refractivity contribution in [3.8, 4) is 0 Å². The molecular formula is C12H15ClO3. The maximum Gasteiger partial charge on any atom is 0.333 e. The van der Waals surface area contributed by atoms with Crippen LogP contribution in [0.25, 0.3) is 0 Å². The number of aliphatic carboxylic acids is 1. The molecule has 0 saturated heterocycles. The number of carboxylic acid groups (broad SMARTS) is 1. The average molecular weight is 243 g/mol. The van der Waals surface area contributed by atoms with Crippen LogP contribution in [0.15, 0.2) is 24.3 Å². The molecule has 0 aliphatic carbocycles. The molecule has 0 bridgehead atoms. The van der Waals surface area contributed by atoms with Gasteiger partial charge in [-0.2, -0.15) is 0 Å². The van der Waals surface area contributed by atoms with Crippen molar-refractivity contribution >= 4 is 17.6 Å². The second-order valence-corrected chi connectivity index (χ2v) is 3.97. The third-order valence-electron chi connectivity index (χ3n) is 2.11. The van der Waals surface area contributed by atoms with Crippen molar-refractivity contribution in [2.75, 3.05) is 6.61 Å². The van der Waals surface area contributed by atoms with E-state index in [1.807, 2.05) is 13.0 Å². The fourth-order valence-corrected chi connectivity index (χ4v) is 1.57. The molecule has 0 aliphatic rings. The van der Waals surface area contributed by atoms with Crippen molar-refractivity contribution in [2.24, 2.45) is 0 Å². The molecule has 0 saturated carbocycles. The van der Waals surface area contributed by atoms with Gasteiger partial charge in [-0.1, -0.05) is 30.7 Å². The summed E-state index contributed by atoms with van der Waals surface area (Å²) in [5.74, 6) is -0.937. The van der Waals surface area contributed by atoms with Crippen LogP contribution < -0.4 is 0 Å². The lowest BCUT2D eigenvalue weighted by Crippen LogP contribution is -2.26. The van der Waals surface area contributed by atoms with Crippen molar-refractivity contribution in [2.45, 2.75) is 25.9 Å². The summed E-state index contributed by atoms with van der Waals surface area (Å²) < 4.78 is 5.25. The third-order valence-corrected chi connectivity index (χ3v) is 2.34. The van der Waals surface area contributed by atoms with Gasteiger partial charge >= 0.3 is 5.97 Å². The molecule has 4 heteroatoms. The fraction of sp³-hybridized carbons (Fsp3) is 0.417. The molecule has 1 rings (SSSR count). The molecule has 0 aliphatic heterocycles. The minimum atomic E-state index is -0.937. The van der Waals surface area contributed by atoms with E-state index < -0.39 is 12.1 Å². The lowest BCUT2D eigenvalue weighted by atomic mass is 10.1. The summed E-state index contributed by atoms with van der Waals surface area (Å²) in [6.07, 6.45) is 0.355. The van der Waals surface area contributed by atoms with Crippen molar-refractivity contribution < 1.29 is 14.6 Å². The fourth-order valence-electron chi connectivity index (χ4n) is 1.36. The Bertz CT molecular complexity index is 352. The maximum atomic E-state index is 10.9. The van der Waals surface area contributed by atoms with E-state index in [4.69, 9.17) is 21.4 Å². The maximum absolute atomic E-state index is 10.9. The lowest BCUT2D eigenvalue weighted by Gasteiger charge is -2.13. The summed E-state index contributed by atoms with van der Waals surface area (Å²) >= 11 is 5.82. The second kappa shape index (κ2) is 6.51. The average Bonchev–Trinajstić information content (AvgIpc) is 2.24. The van der Waals surface area contributed by atoms with Crippen molar-refractivity contribution in [1.82, 2.24) is 0 Å². The van der Waals surface area contributed by atoms with Gasteiger partial charge in [0.05, 0.1) is 0 Å². The Labute approximate surface area is 100.0 Å². The number of ether oxygens (including phenoxy) is 1. The molecule has 0 fully saturated rings. The molecule has 88 valence electrons. The van der Waals surface area contributed by atoms with Gasteiger partial charge in [0.25, 0.3) is 0 Å². The van der Waals surface area contributed by atoms with E-state index in [2.05, 4.69) is 0 Å². The predicted molar refractivity (Wildman–Crippen MR) is 62.8 cm³/mol. The van der Waals surface area contributed by atoms with Crippen molar-refractivity contribution in [3.05, 3.63) is 34.9 Å². The summed E-state index contributed by atoms with van der Waals surface area (Å²) in [7, 11) is 0. The van der Waals surface area contributed by atoms with E-state index in [-0.39, 0.29) is 0 Å². The van der Waals surface area contributed by atoms with Gasteiger partial charge in [0.2, 0.25) is 0 Å². The van der Waals surface area contributed by atoms with Crippen molar-refractivity contribution in [1.29, 1.82) is 0 Å². The highest BCUT2D eigenvalue weighted by Crippen LogP contribution is 2.13. The largest absolute Gasteiger partial charge is 0.479 e. The van der Waals surface area contributed by atoms with E-state index in [0.717, 1.165) is 12.0 Å². The molecule has 1 aromatic carbocycles. The number of halogens is 1. The molecule has 0 spiro atoms. The van der Waals surface area contributed by atoms with Gasteiger partial charge < -0.3 is 9.84 Å². The van der Waals surface area contributed by atoms with E-state index in [9.17, 15) is 4.79 Å². The first kappa shape index (κ1) is 13.0. The van der Waals surface area contributed by atoms with Gasteiger partial charge in [-0.3, -0.25) is 0 Å². The summed E-state index contributed by atoms with van der Waals surface area (Å²) in [5, 5.41) is 9.58. The standard InChI is InChI=1S/C12H15ClO3/c1-2-6-16-11(12(14)15)8-9-4-3-5-10(13)7-9/h3-5,7,11H,2,6,8H2,1H3,(H,14,15)/t11-/m0/s1. The SMILES string of the molecule is CCCO[C@@H](Cc1cccc(Cl)c1)C(=O)O. The van der Waals surface area contributed by atoms with Crippen LogP contribution >= 0.6 is 11.6 Å². The first-order valence-corrected chi connectivity index (χ1v) is 5.60. The Morgan fingerprint density at radius 2 is 2.31 bits per heavy atom. The Hall–Kier alpha value is -1.06. The first-order chi connectivity index (χ1) is 7.63. The second-order valence-electron chi connectivity index (χ2n) is 3.53. The number of carbonyl (C=O) groups is 1. The summed E-state index contributed by atoms with van der Waals surface area (Å²) in [5.41, 5.74) is 0.871. The number of rotatable bonds is 6. The van der Waals surface area contributed by atoms with Crippen LogP contribution in [-0.2, 0) is 16.0 Å². The number of hydrogen-bond acceptors (Lipinski definition) is 2. The Morgan fingerprint density at radius 1 is 1.56 bits per heavy atom. The molecule has 1 aromatic rings. The van der Waals surface area contributed by atoms with Crippen LogP contribution in [0.5, 0.6) is 0 Å². The van der Waals surface area contributed by atoms with Gasteiger partial charge in [0.1, 0.15) is 0 Å². The van der Waals surface area contributed by atoms with Gasteiger partial charge in [-0.15, -0.1) is 0 Å². The quantitative estimate of drug-likeness (QED) is 0.834. The Morgan fingerprint density at radius 3 is 2.88 bits per heavy atom. The van der Waals surface area contributed by atoms with Crippen LogP contribution in [0.3, 0.4) is 0 Å². The molecule has 3 nitrogen and oxygen atoms in total. The molecular weight excluding hydrogens is 228 g/mol. The monoisotopic (exact) mass is 242 g/mol. The van der Waals surface area contributed by atoms with E-state index in [0.29, 0.717) is 18.1 Å². The summed E-state index contributed by atoms with van der Waals surface area (Å²) in [6, 6.07) is 7.16. The molecule has 0 radical (unpaired) electrons. The third kappa shape index (κ3) is 4.21. The van der Waals surface area contributed by atoms with E-state index in [1.165, 1.54) is 0 Å². The van der Waals surface area contributed by atoms with E-state index >= 15 is 0 Å². The Balaban J connectivity index is 2.64. The van der Waals surface area contributed by atoms with Crippen LogP contribution in [0.2, 0.25) is 5.02 Å². The molecule has 1 atom stereocenters. The van der Waals surface area contributed by atoms with Crippen LogP contribution in [0.1, 0.15) is 18.9 Å². The highest BCUT2D eigenvalue weighted by Gasteiger charge is 2.18. The lowest BCUT2D eigenvalue weighted by molar-refractivity contribution is -0.150. The highest BCUT2D eigenvalue weighted by atomic mass is 35.5. The van der Waals surface area contributed by atoms with Gasteiger partial charge in [0, 0.05) is 18.1 Å². The first-order valence-electron chi connectivity index (χ1n) is 5.22. The van der Waals surface area contributed by atoms with Gasteiger partial charge in [-0.25, -0.2) is 4.79 Å².